The number of carboxylic acid groups (broad SMARTS) is 1. The van der Waals surface area contributed by atoms with Crippen LogP contribution in [-0.2, 0) is 9.53 Å². The summed E-state index contributed by atoms with van der Waals surface area (Å²) in [5.41, 5.74) is 0.144. The molecule has 0 aromatic carbocycles. The molecule has 1 amide bonds. The second-order valence-corrected chi connectivity index (χ2v) is 5.29. The quantitative estimate of drug-likeness (QED) is 0.833. The largest absolute Gasteiger partial charge is 0.478 e. The van der Waals surface area contributed by atoms with E-state index in [-0.39, 0.29) is 17.6 Å². The molecule has 0 radical (unpaired) electrons. The number of amides is 1. The van der Waals surface area contributed by atoms with E-state index in [0.29, 0.717) is 17.8 Å². The third-order valence-corrected chi connectivity index (χ3v) is 3.48. The zero-order valence-corrected chi connectivity index (χ0v) is 11.5. The van der Waals surface area contributed by atoms with Gasteiger partial charge in [0.05, 0.1) is 11.7 Å². The van der Waals surface area contributed by atoms with Crippen LogP contribution in [0.1, 0.15) is 35.0 Å². The number of aryl methyl sites for hydroxylation is 1. The monoisotopic (exact) mass is 271 g/mol. The van der Waals surface area contributed by atoms with Gasteiger partial charge >= 0.3 is 5.97 Å². The summed E-state index contributed by atoms with van der Waals surface area (Å²) >= 11 is 1.27. The van der Waals surface area contributed by atoms with Gasteiger partial charge in [0.1, 0.15) is 5.00 Å². The van der Waals surface area contributed by atoms with E-state index in [9.17, 15) is 9.59 Å². The standard InChI is InChI=1S/C12H17NO4S/c1-7(17-3)4-5-10(14)13-11-9(12(15)16)6-8(2)18-11/h6-7H,4-5H2,1-3H3,(H,13,14)(H,15,16). The van der Waals surface area contributed by atoms with Crippen molar-refractivity contribution < 1.29 is 19.4 Å². The molecule has 0 fully saturated rings. The molecule has 2 N–H and O–H groups in total. The maximum Gasteiger partial charge on any atom is 0.338 e. The molecule has 1 atom stereocenters. The molecule has 0 spiro atoms. The van der Waals surface area contributed by atoms with E-state index < -0.39 is 5.97 Å². The van der Waals surface area contributed by atoms with E-state index in [2.05, 4.69) is 5.32 Å². The first kappa shape index (κ1) is 14.7. The van der Waals surface area contributed by atoms with Crippen LogP contribution in [-0.4, -0.2) is 30.2 Å². The zero-order valence-electron chi connectivity index (χ0n) is 10.6. The zero-order chi connectivity index (χ0) is 13.7. The van der Waals surface area contributed by atoms with E-state index in [1.807, 2.05) is 6.92 Å². The van der Waals surface area contributed by atoms with E-state index in [1.165, 1.54) is 11.3 Å². The Bertz CT molecular complexity index is 441. The molecule has 100 valence electrons. The number of carboxylic acids is 1. The second kappa shape index (κ2) is 6.51. The molecule has 1 heterocycles. The van der Waals surface area contributed by atoms with Gasteiger partial charge in [-0.1, -0.05) is 0 Å². The summed E-state index contributed by atoms with van der Waals surface area (Å²) in [5, 5.41) is 12.0. The van der Waals surface area contributed by atoms with Crippen LogP contribution in [0.3, 0.4) is 0 Å². The first-order chi connectivity index (χ1) is 8.43. The number of carbonyl (C=O) groups excluding carboxylic acids is 1. The van der Waals surface area contributed by atoms with Crippen molar-refractivity contribution in [2.24, 2.45) is 0 Å². The highest BCUT2D eigenvalue weighted by Crippen LogP contribution is 2.27. The summed E-state index contributed by atoms with van der Waals surface area (Å²) in [6.45, 7) is 3.69. The predicted octanol–water partition coefficient (Wildman–Crippen LogP) is 2.51. The number of thiophene rings is 1. The minimum atomic E-state index is -1.03. The van der Waals surface area contributed by atoms with Gasteiger partial charge in [0, 0.05) is 18.4 Å². The van der Waals surface area contributed by atoms with E-state index in [1.54, 1.807) is 20.1 Å². The molecule has 18 heavy (non-hydrogen) atoms. The fraction of sp³-hybridized carbons (Fsp3) is 0.500. The van der Waals surface area contributed by atoms with Gasteiger partial charge < -0.3 is 15.2 Å². The van der Waals surface area contributed by atoms with Crippen molar-refractivity contribution in [3.05, 3.63) is 16.5 Å². The Morgan fingerprint density at radius 3 is 2.78 bits per heavy atom. The molecule has 5 nitrogen and oxygen atoms in total. The number of ether oxygens (including phenoxy) is 1. The smallest absolute Gasteiger partial charge is 0.338 e. The normalized spacial score (nSPS) is 12.2. The number of aromatic carboxylic acids is 1. The number of rotatable bonds is 6. The van der Waals surface area contributed by atoms with Crippen molar-refractivity contribution in [2.75, 3.05) is 12.4 Å². The maximum atomic E-state index is 11.7. The lowest BCUT2D eigenvalue weighted by molar-refractivity contribution is -0.116. The third kappa shape index (κ3) is 4.12. The predicted molar refractivity (Wildman–Crippen MR) is 70.4 cm³/mol. The van der Waals surface area contributed by atoms with E-state index in [0.717, 1.165) is 4.88 Å². The SMILES string of the molecule is COC(C)CCC(=O)Nc1sc(C)cc1C(=O)O. The number of carbonyl (C=O) groups is 2. The number of anilines is 1. The van der Waals surface area contributed by atoms with E-state index >= 15 is 0 Å². The number of hydrogen-bond donors (Lipinski definition) is 2. The minimum absolute atomic E-state index is 0.0137. The summed E-state index contributed by atoms with van der Waals surface area (Å²) in [7, 11) is 1.59. The van der Waals surface area contributed by atoms with Crippen molar-refractivity contribution in [3.63, 3.8) is 0 Å². The molecule has 1 aromatic heterocycles. The molecule has 0 saturated heterocycles. The van der Waals surface area contributed by atoms with Crippen LogP contribution >= 0.6 is 11.3 Å². The number of hydrogen-bond acceptors (Lipinski definition) is 4. The maximum absolute atomic E-state index is 11.7. The molecule has 6 heteroatoms. The fourth-order valence-electron chi connectivity index (χ4n) is 1.41. The summed E-state index contributed by atoms with van der Waals surface area (Å²) in [6, 6.07) is 1.56. The number of nitrogens with one attached hydrogen (secondary N) is 1. The molecule has 0 aliphatic heterocycles. The molecule has 0 saturated carbocycles. The van der Waals surface area contributed by atoms with Crippen LogP contribution < -0.4 is 5.32 Å². The van der Waals surface area contributed by atoms with Crippen LogP contribution in [0, 0.1) is 6.92 Å². The Morgan fingerprint density at radius 1 is 1.56 bits per heavy atom. The van der Waals surface area contributed by atoms with Crippen molar-refractivity contribution in [1.82, 2.24) is 0 Å². The second-order valence-electron chi connectivity index (χ2n) is 4.04. The Kier molecular flexibility index (Phi) is 5.30. The highest BCUT2D eigenvalue weighted by atomic mass is 32.1. The van der Waals surface area contributed by atoms with E-state index in [4.69, 9.17) is 9.84 Å². The molecule has 1 unspecified atom stereocenters. The van der Waals surface area contributed by atoms with Crippen LogP contribution in [0.2, 0.25) is 0 Å². The third-order valence-electron chi connectivity index (χ3n) is 2.52. The Labute approximate surface area is 110 Å². The first-order valence-corrected chi connectivity index (χ1v) is 6.42. The highest BCUT2D eigenvalue weighted by Gasteiger charge is 2.16. The van der Waals surface area contributed by atoms with Gasteiger partial charge in [-0.25, -0.2) is 4.79 Å². The Morgan fingerprint density at radius 2 is 2.22 bits per heavy atom. The number of methoxy groups -OCH3 is 1. The average molecular weight is 271 g/mol. The van der Waals surface area contributed by atoms with Crippen LogP contribution in [0.25, 0.3) is 0 Å². The van der Waals surface area contributed by atoms with Gasteiger partial charge in [-0.15, -0.1) is 11.3 Å². The lowest BCUT2D eigenvalue weighted by Gasteiger charge is -2.08. The molecule has 0 aliphatic rings. The summed E-state index contributed by atoms with van der Waals surface area (Å²) < 4.78 is 5.05. The van der Waals surface area contributed by atoms with Gasteiger partial charge in [-0.05, 0) is 26.3 Å². The summed E-state index contributed by atoms with van der Waals surface area (Å²) in [5.74, 6) is -1.22. The van der Waals surface area contributed by atoms with Gasteiger partial charge in [-0.2, -0.15) is 0 Å². The lowest BCUT2D eigenvalue weighted by Crippen LogP contribution is -2.15. The van der Waals surface area contributed by atoms with Crippen molar-refractivity contribution in [3.8, 4) is 0 Å². The first-order valence-electron chi connectivity index (χ1n) is 5.60. The Balaban J connectivity index is 2.61. The van der Waals surface area contributed by atoms with Crippen molar-refractivity contribution in [2.45, 2.75) is 32.8 Å². The Hall–Kier alpha value is -1.40. The van der Waals surface area contributed by atoms with Crippen LogP contribution in [0.15, 0.2) is 6.07 Å². The summed E-state index contributed by atoms with van der Waals surface area (Å²) in [6.07, 6.45) is 0.930. The molecular formula is C12H17NO4S. The van der Waals surface area contributed by atoms with Crippen LogP contribution in [0.5, 0.6) is 0 Å². The molecule has 1 aromatic rings. The van der Waals surface area contributed by atoms with Gasteiger partial charge in [0.2, 0.25) is 5.91 Å². The van der Waals surface area contributed by atoms with Crippen molar-refractivity contribution in [1.29, 1.82) is 0 Å². The average Bonchev–Trinajstić information content (AvgIpc) is 2.67. The molecular weight excluding hydrogens is 254 g/mol. The highest BCUT2D eigenvalue weighted by molar-refractivity contribution is 7.16. The molecule has 0 aliphatic carbocycles. The molecule has 1 rings (SSSR count). The van der Waals surface area contributed by atoms with Gasteiger partial charge in [0.15, 0.2) is 0 Å². The van der Waals surface area contributed by atoms with Crippen LogP contribution in [0.4, 0.5) is 5.00 Å². The lowest BCUT2D eigenvalue weighted by atomic mass is 10.2. The van der Waals surface area contributed by atoms with Crippen molar-refractivity contribution >= 4 is 28.2 Å². The summed E-state index contributed by atoms with van der Waals surface area (Å²) in [4.78, 5) is 23.5. The molecule has 0 bridgehead atoms. The minimum Gasteiger partial charge on any atom is -0.478 e. The topological polar surface area (TPSA) is 75.6 Å². The van der Waals surface area contributed by atoms with Gasteiger partial charge in [0.25, 0.3) is 0 Å². The fourth-order valence-corrected chi connectivity index (χ4v) is 2.33. The van der Waals surface area contributed by atoms with Gasteiger partial charge in [-0.3, -0.25) is 4.79 Å².